The molecule has 84 valence electrons. The Hall–Kier alpha value is -0.720. The van der Waals surface area contributed by atoms with Crippen molar-refractivity contribution in [2.75, 3.05) is 12.0 Å². The van der Waals surface area contributed by atoms with Gasteiger partial charge in [-0.05, 0) is 18.8 Å². The highest BCUT2D eigenvalue weighted by Crippen LogP contribution is 2.25. The van der Waals surface area contributed by atoms with E-state index >= 15 is 0 Å². The summed E-state index contributed by atoms with van der Waals surface area (Å²) in [4.78, 5) is 0. The van der Waals surface area contributed by atoms with E-state index in [0.717, 1.165) is 23.2 Å². The van der Waals surface area contributed by atoms with Gasteiger partial charge in [-0.25, -0.2) is 5.84 Å². The number of nitrogens with two attached hydrogens (primary N) is 1. The minimum absolute atomic E-state index is 0.506. The van der Waals surface area contributed by atoms with E-state index in [-0.39, 0.29) is 0 Å². The van der Waals surface area contributed by atoms with Crippen LogP contribution in [0, 0.1) is 5.92 Å². The van der Waals surface area contributed by atoms with E-state index < -0.39 is 0 Å². The zero-order valence-electron chi connectivity index (χ0n) is 8.61. The van der Waals surface area contributed by atoms with Crippen molar-refractivity contribution < 1.29 is 4.74 Å². The van der Waals surface area contributed by atoms with Crippen molar-refractivity contribution in [3.63, 3.8) is 0 Å². The lowest BCUT2D eigenvalue weighted by Crippen LogP contribution is -2.10. The van der Waals surface area contributed by atoms with Crippen LogP contribution in [0.2, 0.25) is 0 Å². The summed E-state index contributed by atoms with van der Waals surface area (Å²) in [5, 5.41) is 4.75. The Balaban J connectivity index is 1.73. The third-order valence-electron chi connectivity index (χ3n) is 2.75. The number of rotatable bonds is 5. The molecule has 0 bridgehead atoms. The molecule has 3 N–H and O–H groups in total. The zero-order valence-corrected chi connectivity index (χ0v) is 9.42. The first-order chi connectivity index (χ1) is 7.40. The lowest BCUT2D eigenvalue weighted by Gasteiger charge is -2.08. The molecule has 0 aliphatic heterocycles. The highest BCUT2D eigenvalue weighted by molar-refractivity contribution is 7.10. The minimum Gasteiger partial charge on any atom is -0.375 e. The van der Waals surface area contributed by atoms with Crippen LogP contribution in [0.15, 0.2) is 0 Å². The average Bonchev–Trinajstić information content (AvgIpc) is 2.88. The lowest BCUT2D eigenvalue weighted by molar-refractivity contribution is 0.0870. The molecule has 2 rings (SSSR count). The molecule has 1 aliphatic rings. The molecule has 1 saturated carbocycles. The Bertz CT molecular complexity index is 298. The predicted molar refractivity (Wildman–Crippen MR) is 59.3 cm³/mol. The van der Waals surface area contributed by atoms with Gasteiger partial charge in [0.2, 0.25) is 0 Å². The van der Waals surface area contributed by atoms with E-state index in [1.165, 1.54) is 37.2 Å². The highest BCUT2D eigenvalue weighted by atomic mass is 32.1. The minimum atomic E-state index is 0.506. The maximum Gasteiger partial charge on any atom is 0.149 e. The molecule has 1 fully saturated rings. The maximum absolute atomic E-state index is 5.61. The van der Waals surface area contributed by atoms with Gasteiger partial charge in [0.1, 0.15) is 10.7 Å². The smallest absolute Gasteiger partial charge is 0.149 e. The van der Waals surface area contributed by atoms with E-state index in [9.17, 15) is 0 Å². The molecule has 6 heteroatoms. The molecule has 0 amide bonds. The van der Waals surface area contributed by atoms with Crippen LogP contribution < -0.4 is 11.3 Å². The number of anilines is 1. The van der Waals surface area contributed by atoms with Gasteiger partial charge in [-0.3, -0.25) is 0 Å². The van der Waals surface area contributed by atoms with Crippen LogP contribution in [0.25, 0.3) is 0 Å². The Morgan fingerprint density at radius 1 is 1.47 bits per heavy atom. The molecule has 1 aromatic rings. The number of nitrogens with zero attached hydrogens (tertiary/aromatic N) is 2. The molecule has 0 unspecified atom stereocenters. The third kappa shape index (κ3) is 2.87. The van der Waals surface area contributed by atoms with Gasteiger partial charge in [-0.2, -0.15) is 0 Å². The maximum atomic E-state index is 5.61. The van der Waals surface area contributed by atoms with Crippen molar-refractivity contribution in [1.82, 2.24) is 9.59 Å². The SMILES string of the molecule is NNc1snnc1COCC1CCCC1. The molecule has 0 radical (unpaired) electrons. The molecule has 15 heavy (non-hydrogen) atoms. The molecule has 0 spiro atoms. The number of hydrogen-bond donors (Lipinski definition) is 2. The molecule has 5 nitrogen and oxygen atoms in total. The first-order valence-electron chi connectivity index (χ1n) is 5.25. The van der Waals surface area contributed by atoms with Gasteiger partial charge in [0.05, 0.1) is 6.61 Å². The van der Waals surface area contributed by atoms with E-state index in [0.29, 0.717) is 6.61 Å². The standard InChI is InChI=1S/C9H16N4OS/c10-11-9-8(12-13-15-9)6-14-5-7-3-1-2-4-7/h7,11H,1-6,10H2. The number of ether oxygens (including phenoxy) is 1. The normalized spacial score (nSPS) is 17.1. The van der Waals surface area contributed by atoms with Gasteiger partial charge in [-0.15, -0.1) is 5.10 Å². The molecular weight excluding hydrogens is 212 g/mol. The van der Waals surface area contributed by atoms with Crippen molar-refractivity contribution in [3.05, 3.63) is 5.69 Å². The zero-order chi connectivity index (χ0) is 10.5. The Morgan fingerprint density at radius 3 is 3.00 bits per heavy atom. The van der Waals surface area contributed by atoms with Crippen molar-refractivity contribution in [2.24, 2.45) is 11.8 Å². The molecule has 0 aromatic carbocycles. The van der Waals surface area contributed by atoms with Gasteiger partial charge in [0.15, 0.2) is 0 Å². The lowest BCUT2D eigenvalue weighted by atomic mass is 10.1. The Labute approximate surface area is 93.1 Å². The van der Waals surface area contributed by atoms with E-state index in [2.05, 4.69) is 15.0 Å². The summed E-state index contributed by atoms with van der Waals surface area (Å²) >= 11 is 1.26. The number of nitrogen functional groups attached to an aromatic ring is 1. The van der Waals surface area contributed by atoms with Crippen molar-refractivity contribution in [1.29, 1.82) is 0 Å². The number of aromatic nitrogens is 2. The number of hydrogen-bond acceptors (Lipinski definition) is 6. The second-order valence-electron chi connectivity index (χ2n) is 3.86. The number of hydrazine groups is 1. The van der Waals surface area contributed by atoms with Crippen LogP contribution in [0.4, 0.5) is 5.00 Å². The third-order valence-corrected chi connectivity index (χ3v) is 3.45. The van der Waals surface area contributed by atoms with E-state index in [1.54, 1.807) is 0 Å². The average molecular weight is 228 g/mol. The fraction of sp³-hybridized carbons (Fsp3) is 0.778. The van der Waals surface area contributed by atoms with Gasteiger partial charge >= 0.3 is 0 Å². The van der Waals surface area contributed by atoms with Gasteiger partial charge < -0.3 is 10.2 Å². The largest absolute Gasteiger partial charge is 0.375 e. The summed E-state index contributed by atoms with van der Waals surface area (Å²) in [6.07, 6.45) is 5.30. The summed E-state index contributed by atoms with van der Waals surface area (Å²) in [7, 11) is 0. The fourth-order valence-corrected chi connectivity index (χ4v) is 2.39. The van der Waals surface area contributed by atoms with Crippen LogP contribution in [0.3, 0.4) is 0 Å². The second kappa shape index (κ2) is 5.39. The van der Waals surface area contributed by atoms with Gasteiger partial charge in [0.25, 0.3) is 0 Å². The molecular formula is C9H16N4OS. The summed E-state index contributed by atoms with van der Waals surface area (Å²) in [5.74, 6) is 6.06. The highest BCUT2D eigenvalue weighted by Gasteiger charge is 2.15. The van der Waals surface area contributed by atoms with E-state index in [4.69, 9.17) is 10.6 Å². The van der Waals surface area contributed by atoms with Gasteiger partial charge in [-0.1, -0.05) is 17.3 Å². The topological polar surface area (TPSA) is 73.1 Å². The summed E-state index contributed by atoms with van der Waals surface area (Å²) in [6.45, 7) is 1.34. The van der Waals surface area contributed by atoms with Crippen molar-refractivity contribution >= 4 is 16.5 Å². The first kappa shape index (κ1) is 10.8. The molecule has 1 aliphatic carbocycles. The predicted octanol–water partition coefficient (Wildman–Crippen LogP) is 1.53. The van der Waals surface area contributed by atoms with Crippen LogP contribution in [0.1, 0.15) is 31.4 Å². The van der Waals surface area contributed by atoms with Crippen LogP contribution >= 0.6 is 11.5 Å². The second-order valence-corrected chi connectivity index (χ2v) is 4.61. The van der Waals surface area contributed by atoms with E-state index in [1.807, 2.05) is 0 Å². The van der Waals surface area contributed by atoms with Crippen molar-refractivity contribution in [2.45, 2.75) is 32.3 Å². The van der Waals surface area contributed by atoms with Gasteiger partial charge in [0, 0.05) is 18.1 Å². The first-order valence-corrected chi connectivity index (χ1v) is 6.03. The Kier molecular flexibility index (Phi) is 3.87. The monoisotopic (exact) mass is 228 g/mol. The molecule has 1 aromatic heterocycles. The quantitative estimate of drug-likeness (QED) is 0.590. The van der Waals surface area contributed by atoms with Crippen LogP contribution in [-0.4, -0.2) is 16.2 Å². The fourth-order valence-electron chi connectivity index (χ4n) is 1.91. The van der Waals surface area contributed by atoms with Crippen molar-refractivity contribution in [3.8, 4) is 0 Å². The van der Waals surface area contributed by atoms with Crippen LogP contribution in [0.5, 0.6) is 0 Å². The Morgan fingerprint density at radius 2 is 2.27 bits per heavy atom. The summed E-state index contributed by atoms with van der Waals surface area (Å²) in [6, 6.07) is 0. The van der Waals surface area contributed by atoms with Crippen LogP contribution in [-0.2, 0) is 11.3 Å². The molecule has 0 saturated heterocycles. The molecule has 1 heterocycles. The summed E-state index contributed by atoms with van der Waals surface area (Å²) < 4.78 is 9.43. The number of nitrogens with one attached hydrogen (secondary N) is 1. The molecule has 0 atom stereocenters. The summed E-state index contributed by atoms with van der Waals surface area (Å²) in [5.41, 5.74) is 3.37.